The first-order valence-electron chi connectivity index (χ1n) is 10.4. The summed E-state index contributed by atoms with van der Waals surface area (Å²) in [7, 11) is -3.80. The third-order valence-electron chi connectivity index (χ3n) is 5.11. The lowest BCUT2D eigenvalue weighted by Gasteiger charge is -2.06. The Bertz CT molecular complexity index is 1520. The highest BCUT2D eigenvalue weighted by atomic mass is 35.5. The summed E-state index contributed by atoms with van der Waals surface area (Å²) in [5.41, 5.74) is 1.57. The van der Waals surface area contributed by atoms with Crippen molar-refractivity contribution in [3.63, 3.8) is 0 Å². The van der Waals surface area contributed by atoms with Gasteiger partial charge in [0, 0.05) is 33.6 Å². The van der Waals surface area contributed by atoms with E-state index in [1.165, 1.54) is 85.2 Å². The Kier molecular flexibility index (Phi) is 8.11. The third-order valence-corrected chi connectivity index (χ3v) is 7.91. The van der Waals surface area contributed by atoms with Crippen LogP contribution in [-0.2, 0) is 9.84 Å². The van der Waals surface area contributed by atoms with Crippen LogP contribution in [-0.4, -0.2) is 31.1 Å². The van der Waals surface area contributed by atoms with Crippen LogP contribution in [0.1, 0.15) is 11.1 Å². The van der Waals surface area contributed by atoms with Crippen LogP contribution in [0.4, 0.5) is 11.4 Å². The monoisotopic (exact) mass is 592 g/mol. The number of nitrogens with zero attached hydrogens (tertiary/aromatic N) is 2. The zero-order valence-corrected chi connectivity index (χ0v) is 22.4. The first-order valence-corrected chi connectivity index (χ1v) is 13.4. The van der Waals surface area contributed by atoms with Crippen LogP contribution in [0.3, 0.4) is 0 Å². The van der Waals surface area contributed by atoms with E-state index in [4.69, 9.17) is 46.4 Å². The first kappa shape index (κ1) is 27.0. The predicted octanol–water partition coefficient (Wildman–Crippen LogP) is 8.05. The summed E-state index contributed by atoms with van der Waals surface area (Å²) in [6.45, 7) is 0. The highest BCUT2D eigenvalue weighted by Gasteiger charge is 2.17. The number of sulfone groups is 1. The maximum atomic E-state index is 13.1. The number of rotatable bonds is 6. The molecule has 4 aromatic carbocycles. The second kappa shape index (κ2) is 11.1. The van der Waals surface area contributed by atoms with Crippen molar-refractivity contribution in [2.45, 2.75) is 9.79 Å². The molecule has 0 heterocycles. The smallest absolute Gasteiger partial charge is 0.206 e. The van der Waals surface area contributed by atoms with Crippen LogP contribution in [0.25, 0.3) is 0 Å². The number of hydrogen-bond donors (Lipinski definition) is 2. The van der Waals surface area contributed by atoms with E-state index < -0.39 is 9.84 Å². The quantitative estimate of drug-likeness (QED) is 0.221. The fraction of sp³-hybridized carbons (Fsp3) is 0. The van der Waals surface area contributed by atoms with Gasteiger partial charge in [0.15, 0.2) is 0 Å². The molecule has 0 atom stereocenters. The van der Waals surface area contributed by atoms with Gasteiger partial charge >= 0.3 is 0 Å². The minimum Gasteiger partial charge on any atom is -0.506 e. The van der Waals surface area contributed by atoms with Crippen LogP contribution in [0.15, 0.2) is 92.6 Å². The molecule has 4 aromatic rings. The average molecular weight is 594 g/mol. The largest absolute Gasteiger partial charge is 0.506 e. The Morgan fingerprint density at radius 1 is 0.595 bits per heavy atom. The van der Waals surface area contributed by atoms with Gasteiger partial charge in [-0.05, 0) is 72.8 Å². The van der Waals surface area contributed by atoms with Gasteiger partial charge in [-0.15, -0.1) is 0 Å². The minimum absolute atomic E-state index is 0.0786. The molecule has 0 fully saturated rings. The van der Waals surface area contributed by atoms with Crippen LogP contribution < -0.4 is 0 Å². The van der Waals surface area contributed by atoms with Gasteiger partial charge in [-0.2, -0.15) is 0 Å². The van der Waals surface area contributed by atoms with Gasteiger partial charge in [0.1, 0.15) is 11.5 Å². The maximum Gasteiger partial charge on any atom is 0.206 e. The number of hydrogen-bond acceptors (Lipinski definition) is 6. The molecule has 37 heavy (non-hydrogen) atoms. The average Bonchev–Trinajstić information content (AvgIpc) is 2.87. The van der Waals surface area contributed by atoms with Crippen molar-refractivity contribution in [1.29, 1.82) is 0 Å². The molecule has 0 aliphatic carbocycles. The van der Waals surface area contributed by atoms with E-state index in [0.717, 1.165) is 0 Å². The zero-order valence-electron chi connectivity index (χ0n) is 18.6. The van der Waals surface area contributed by atoms with Crippen LogP contribution >= 0.6 is 46.4 Å². The van der Waals surface area contributed by atoms with Crippen LogP contribution in [0, 0.1) is 0 Å². The second-order valence-electron chi connectivity index (χ2n) is 7.66. The molecule has 6 nitrogen and oxygen atoms in total. The molecule has 0 unspecified atom stereocenters. The summed E-state index contributed by atoms with van der Waals surface area (Å²) in [6, 6.07) is 17.7. The number of phenols is 2. The van der Waals surface area contributed by atoms with Gasteiger partial charge in [0.2, 0.25) is 9.84 Å². The molecule has 0 spiro atoms. The summed E-state index contributed by atoms with van der Waals surface area (Å²) in [5, 5.41) is 20.9. The lowest BCUT2D eigenvalue weighted by atomic mass is 10.2. The number of aromatic hydroxyl groups is 2. The van der Waals surface area contributed by atoms with Crippen molar-refractivity contribution >= 4 is 80.0 Å². The highest BCUT2D eigenvalue weighted by Crippen LogP contribution is 2.32. The van der Waals surface area contributed by atoms with E-state index in [9.17, 15) is 18.6 Å². The molecule has 188 valence electrons. The van der Waals surface area contributed by atoms with Gasteiger partial charge < -0.3 is 10.2 Å². The van der Waals surface area contributed by atoms with E-state index in [0.29, 0.717) is 32.5 Å². The van der Waals surface area contributed by atoms with E-state index in [1.54, 1.807) is 0 Å². The van der Waals surface area contributed by atoms with E-state index in [2.05, 4.69) is 9.98 Å². The Morgan fingerprint density at radius 3 is 1.30 bits per heavy atom. The Balaban J connectivity index is 1.51. The molecule has 0 bridgehead atoms. The number of aliphatic imine (C=N–C) groups is 2. The number of phenolic OH excluding ortho intramolecular Hbond substituents is 2. The molecule has 0 amide bonds. The minimum atomic E-state index is -3.80. The summed E-state index contributed by atoms with van der Waals surface area (Å²) < 4.78 is 26.1. The number of benzene rings is 4. The normalized spacial score (nSPS) is 12.0. The fourth-order valence-electron chi connectivity index (χ4n) is 3.22. The Labute approximate surface area is 233 Å². The fourth-order valence-corrected chi connectivity index (χ4v) is 5.49. The van der Waals surface area contributed by atoms with E-state index >= 15 is 0 Å². The Morgan fingerprint density at radius 2 is 0.946 bits per heavy atom. The molecule has 0 radical (unpaired) electrons. The lowest BCUT2D eigenvalue weighted by Crippen LogP contribution is -2.01. The van der Waals surface area contributed by atoms with Crippen LogP contribution in [0.5, 0.6) is 11.5 Å². The SMILES string of the molecule is O=S(=O)(c1ccc(N=Cc2cc(Cl)cc(Cl)c2O)cc1)c1ccc(N=Cc2cc(Cl)cc(Cl)c2O)cc1. The second-order valence-corrected chi connectivity index (χ2v) is 11.3. The molecule has 11 heteroatoms. The Hall–Kier alpha value is -3.07. The van der Waals surface area contributed by atoms with Crippen LogP contribution in [0.2, 0.25) is 20.1 Å². The van der Waals surface area contributed by atoms with Gasteiger partial charge in [-0.3, -0.25) is 9.98 Å². The lowest BCUT2D eigenvalue weighted by molar-refractivity contribution is 0.474. The molecule has 4 rings (SSSR count). The van der Waals surface area contributed by atoms with E-state index in [1.807, 2.05) is 0 Å². The predicted molar refractivity (Wildman–Crippen MR) is 149 cm³/mol. The molecule has 0 saturated carbocycles. The zero-order chi connectivity index (χ0) is 26.7. The third kappa shape index (κ3) is 6.26. The summed E-state index contributed by atoms with van der Waals surface area (Å²) in [6.07, 6.45) is 2.76. The topological polar surface area (TPSA) is 99.3 Å². The highest BCUT2D eigenvalue weighted by molar-refractivity contribution is 7.91. The van der Waals surface area contributed by atoms with Crippen molar-refractivity contribution in [1.82, 2.24) is 0 Å². The van der Waals surface area contributed by atoms with Crippen molar-refractivity contribution in [2.24, 2.45) is 9.98 Å². The van der Waals surface area contributed by atoms with Crippen molar-refractivity contribution in [2.75, 3.05) is 0 Å². The number of halogens is 4. The first-order chi connectivity index (χ1) is 17.5. The molecular formula is C26H16Cl4N2O4S. The molecule has 2 N–H and O–H groups in total. The van der Waals surface area contributed by atoms with Gasteiger partial charge in [0.05, 0.1) is 31.2 Å². The molecular weight excluding hydrogens is 578 g/mol. The van der Waals surface area contributed by atoms with E-state index in [-0.39, 0.29) is 31.3 Å². The molecule has 0 aliphatic rings. The standard InChI is InChI=1S/C26H16Cl4N2O4S/c27-17-9-15(25(33)23(29)11-17)13-31-19-1-5-21(6-2-19)37(35,36)22-7-3-20(4-8-22)32-14-16-10-18(28)12-24(30)26(16)34/h1-14,33-34H. The summed E-state index contributed by atoms with van der Waals surface area (Å²) in [4.78, 5) is 8.64. The summed E-state index contributed by atoms with van der Waals surface area (Å²) >= 11 is 23.7. The van der Waals surface area contributed by atoms with Crippen molar-refractivity contribution in [3.8, 4) is 11.5 Å². The van der Waals surface area contributed by atoms with Gasteiger partial charge in [-0.25, -0.2) is 8.42 Å². The molecule has 0 aromatic heterocycles. The summed E-state index contributed by atoms with van der Waals surface area (Å²) in [5.74, 6) is -0.315. The molecule has 0 saturated heterocycles. The van der Waals surface area contributed by atoms with Gasteiger partial charge in [-0.1, -0.05) is 46.4 Å². The maximum absolute atomic E-state index is 13.1. The van der Waals surface area contributed by atoms with Crippen molar-refractivity contribution < 1.29 is 18.6 Å². The van der Waals surface area contributed by atoms with Gasteiger partial charge in [0.25, 0.3) is 0 Å². The van der Waals surface area contributed by atoms with Crippen molar-refractivity contribution in [3.05, 3.63) is 104 Å². The molecule has 0 aliphatic heterocycles.